The van der Waals surface area contributed by atoms with E-state index in [0.717, 1.165) is 43.1 Å². The van der Waals surface area contributed by atoms with E-state index in [1.54, 1.807) is 0 Å². The maximum atomic E-state index is 13.2. The molecule has 2 amide bonds. The lowest BCUT2D eigenvalue weighted by molar-refractivity contribution is -0.136. The summed E-state index contributed by atoms with van der Waals surface area (Å²) in [5.41, 5.74) is 1.85. The van der Waals surface area contributed by atoms with Gasteiger partial charge in [0.25, 0.3) is 6.01 Å². The summed E-state index contributed by atoms with van der Waals surface area (Å²) in [7, 11) is 0. The smallest absolute Gasteiger partial charge is 0.313 e. The highest BCUT2D eigenvalue weighted by atomic mass is 19.1. The maximum absolute atomic E-state index is 13.2. The highest BCUT2D eigenvalue weighted by molar-refractivity contribution is 6.39. The number of piperidine rings is 1. The molecule has 1 aliphatic rings. The van der Waals surface area contributed by atoms with E-state index in [1.807, 2.05) is 24.3 Å². The summed E-state index contributed by atoms with van der Waals surface area (Å²) in [5.74, 6) is -1.74. The first-order valence-corrected chi connectivity index (χ1v) is 9.54. The molecular weight excluding hydrogens is 375 g/mol. The number of fused-ring (bicyclic) bond motifs is 1. The monoisotopic (exact) mass is 396 g/mol. The van der Waals surface area contributed by atoms with Crippen molar-refractivity contribution in [3.8, 4) is 0 Å². The SMILES string of the molecule is O=C(NCC1CCN(c2nc3ccccc3o2)CC1)C(=O)Nc1cccc(F)c1. The Bertz CT molecular complexity index is 994. The van der Waals surface area contributed by atoms with E-state index < -0.39 is 17.6 Å². The number of nitrogens with zero attached hydrogens (tertiary/aromatic N) is 2. The van der Waals surface area contributed by atoms with Crippen LogP contribution in [0.5, 0.6) is 0 Å². The Hall–Kier alpha value is -3.42. The Morgan fingerprint density at radius 1 is 1.10 bits per heavy atom. The molecule has 1 aliphatic heterocycles. The molecular formula is C21H21FN4O3. The number of rotatable bonds is 4. The molecule has 150 valence electrons. The van der Waals surface area contributed by atoms with Crippen LogP contribution in [0.1, 0.15) is 12.8 Å². The summed E-state index contributed by atoms with van der Waals surface area (Å²) < 4.78 is 19.0. The number of hydrogen-bond acceptors (Lipinski definition) is 5. The minimum absolute atomic E-state index is 0.247. The van der Waals surface area contributed by atoms with Gasteiger partial charge in [0.1, 0.15) is 11.3 Å². The zero-order valence-corrected chi connectivity index (χ0v) is 15.7. The average molecular weight is 396 g/mol. The van der Waals surface area contributed by atoms with Crippen molar-refractivity contribution in [1.82, 2.24) is 10.3 Å². The molecule has 0 aliphatic carbocycles. The quantitative estimate of drug-likeness (QED) is 0.662. The topological polar surface area (TPSA) is 87.5 Å². The second-order valence-electron chi connectivity index (χ2n) is 7.07. The number of carbonyl (C=O) groups is 2. The van der Waals surface area contributed by atoms with Crippen molar-refractivity contribution in [2.45, 2.75) is 12.8 Å². The first kappa shape index (κ1) is 18.9. The molecule has 3 aromatic rings. The normalized spacial score (nSPS) is 14.7. The van der Waals surface area contributed by atoms with Crippen LogP contribution in [0.2, 0.25) is 0 Å². The lowest BCUT2D eigenvalue weighted by Gasteiger charge is -2.30. The first-order chi connectivity index (χ1) is 14.1. The van der Waals surface area contributed by atoms with E-state index >= 15 is 0 Å². The average Bonchev–Trinajstić information content (AvgIpc) is 3.16. The molecule has 4 rings (SSSR count). The molecule has 0 atom stereocenters. The molecule has 0 unspecified atom stereocenters. The second kappa shape index (κ2) is 8.30. The molecule has 0 spiro atoms. The van der Waals surface area contributed by atoms with Crippen LogP contribution in [-0.4, -0.2) is 36.4 Å². The molecule has 1 fully saturated rings. The van der Waals surface area contributed by atoms with Crippen molar-refractivity contribution in [3.63, 3.8) is 0 Å². The van der Waals surface area contributed by atoms with Crippen LogP contribution < -0.4 is 15.5 Å². The van der Waals surface area contributed by atoms with Crippen LogP contribution in [0, 0.1) is 11.7 Å². The number of benzene rings is 2. The molecule has 2 N–H and O–H groups in total. The Morgan fingerprint density at radius 3 is 2.66 bits per heavy atom. The summed E-state index contributed by atoms with van der Waals surface area (Å²) in [6.45, 7) is 1.95. The van der Waals surface area contributed by atoms with E-state index in [9.17, 15) is 14.0 Å². The minimum Gasteiger partial charge on any atom is -0.423 e. The number of nitrogens with one attached hydrogen (secondary N) is 2. The molecule has 0 bridgehead atoms. The largest absolute Gasteiger partial charge is 0.423 e. The Morgan fingerprint density at radius 2 is 1.90 bits per heavy atom. The van der Waals surface area contributed by atoms with Gasteiger partial charge >= 0.3 is 11.8 Å². The van der Waals surface area contributed by atoms with Crippen LogP contribution in [-0.2, 0) is 9.59 Å². The standard InChI is InChI=1S/C21H21FN4O3/c22-15-4-3-5-16(12-15)24-20(28)19(27)23-13-14-8-10-26(11-9-14)21-25-17-6-1-2-7-18(17)29-21/h1-7,12,14H,8-11,13H2,(H,23,27)(H,24,28). The highest BCUT2D eigenvalue weighted by Crippen LogP contribution is 2.26. The van der Waals surface area contributed by atoms with Gasteiger partial charge in [0.15, 0.2) is 5.58 Å². The summed E-state index contributed by atoms with van der Waals surface area (Å²) >= 11 is 0. The van der Waals surface area contributed by atoms with E-state index in [-0.39, 0.29) is 11.6 Å². The van der Waals surface area contributed by atoms with E-state index in [1.165, 1.54) is 18.2 Å². The number of anilines is 2. The summed E-state index contributed by atoms with van der Waals surface area (Å²) in [4.78, 5) is 30.6. The molecule has 1 aromatic heterocycles. The zero-order chi connectivity index (χ0) is 20.2. The third-order valence-electron chi connectivity index (χ3n) is 5.01. The number of para-hydroxylation sites is 2. The van der Waals surface area contributed by atoms with Gasteiger partial charge in [-0.25, -0.2) is 4.39 Å². The van der Waals surface area contributed by atoms with Gasteiger partial charge in [0.2, 0.25) is 0 Å². The predicted octanol–water partition coefficient (Wildman–Crippen LogP) is 2.94. The van der Waals surface area contributed by atoms with Crippen molar-refractivity contribution in [1.29, 1.82) is 0 Å². The molecule has 8 heteroatoms. The number of oxazole rings is 1. The summed E-state index contributed by atoms with van der Waals surface area (Å²) in [6.07, 6.45) is 1.70. The lowest BCUT2D eigenvalue weighted by atomic mass is 9.97. The van der Waals surface area contributed by atoms with Crippen molar-refractivity contribution in [2.75, 3.05) is 29.9 Å². The number of hydrogen-bond donors (Lipinski definition) is 2. The van der Waals surface area contributed by atoms with E-state index in [4.69, 9.17) is 4.42 Å². The van der Waals surface area contributed by atoms with Gasteiger partial charge in [-0.3, -0.25) is 9.59 Å². The maximum Gasteiger partial charge on any atom is 0.313 e. The number of amides is 2. The van der Waals surface area contributed by atoms with Gasteiger partial charge < -0.3 is 20.0 Å². The van der Waals surface area contributed by atoms with Crippen molar-refractivity contribution < 1.29 is 18.4 Å². The first-order valence-electron chi connectivity index (χ1n) is 9.54. The van der Waals surface area contributed by atoms with Crippen molar-refractivity contribution in [2.24, 2.45) is 5.92 Å². The zero-order valence-electron chi connectivity index (χ0n) is 15.7. The minimum atomic E-state index is -0.806. The molecule has 7 nitrogen and oxygen atoms in total. The Balaban J connectivity index is 1.24. The highest BCUT2D eigenvalue weighted by Gasteiger charge is 2.24. The third kappa shape index (κ3) is 4.53. The second-order valence-corrected chi connectivity index (χ2v) is 7.07. The van der Waals surface area contributed by atoms with E-state index in [0.29, 0.717) is 12.6 Å². The van der Waals surface area contributed by atoms with Gasteiger partial charge in [0, 0.05) is 25.3 Å². The van der Waals surface area contributed by atoms with Gasteiger partial charge in [-0.2, -0.15) is 4.98 Å². The molecule has 0 saturated carbocycles. The predicted molar refractivity (Wildman–Crippen MR) is 107 cm³/mol. The fraction of sp³-hybridized carbons (Fsp3) is 0.286. The molecule has 0 radical (unpaired) electrons. The van der Waals surface area contributed by atoms with Crippen LogP contribution in [0.15, 0.2) is 52.9 Å². The number of aromatic nitrogens is 1. The number of halogens is 1. The van der Waals surface area contributed by atoms with Crippen LogP contribution in [0.4, 0.5) is 16.1 Å². The van der Waals surface area contributed by atoms with Gasteiger partial charge in [-0.05, 0) is 49.1 Å². The Labute approximate surface area is 166 Å². The molecule has 29 heavy (non-hydrogen) atoms. The molecule has 1 saturated heterocycles. The van der Waals surface area contributed by atoms with Crippen molar-refractivity contribution >= 4 is 34.6 Å². The Kier molecular flexibility index (Phi) is 5.41. The lowest BCUT2D eigenvalue weighted by Crippen LogP contribution is -2.41. The van der Waals surface area contributed by atoms with Gasteiger partial charge in [0.05, 0.1) is 0 Å². The van der Waals surface area contributed by atoms with E-state index in [2.05, 4.69) is 20.5 Å². The third-order valence-corrected chi connectivity index (χ3v) is 5.01. The fourth-order valence-electron chi connectivity index (χ4n) is 3.40. The van der Waals surface area contributed by atoms with Crippen molar-refractivity contribution in [3.05, 3.63) is 54.3 Å². The number of carbonyl (C=O) groups excluding carboxylic acids is 2. The van der Waals surface area contributed by atoms with Crippen LogP contribution >= 0.6 is 0 Å². The summed E-state index contributed by atoms with van der Waals surface area (Å²) in [5, 5.41) is 5.05. The molecule has 2 heterocycles. The van der Waals surface area contributed by atoms with Crippen LogP contribution in [0.3, 0.4) is 0 Å². The van der Waals surface area contributed by atoms with Gasteiger partial charge in [-0.15, -0.1) is 0 Å². The van der Waals surface area contributed by atoms with Crippen LogP contribution in [0.25, 0.3) is 11.1 Å². The summed E-state index contributed by atoms with van der Waals surface area (Å²) in [6, 6.07) is 13.7. The molecule has 2 aromatic carbocycles. The van der Waals surface area contributed by atoms with Gasteiger partial charge in [-0.1, -0.05) is 18.2 Å². The fourth-order valence-corrected chi connectivity index (χ4v) is 3.40.